The van der Waals surface area contributed by atoms with E-state index in [1.54, 1.807) is 0 Å². The van der Waals surface area contributed by atoms with Gasteiger partial charge in [0.1, 0.15) is 0 Å². The Balaban J connectivity index is 1.68. The molecule has 1 aliphatic rings. The van der Waals surface area contributed by atoms with Crippen LogP contribution in [0.5, 0.6) is 0 Å². The average Bonchev–Trinajstić information content (AvgIpc) is 2.48. The van der Waals surface area contributed by atoms with Gasteiger partial charge in [0, 0.05) is 26.3 Å². The first-order valence-electron chi connectivity index (χ1n) is 7.88. The molecular formula is C17H29N3. The quantitative estimate of drug-likeness (QED) is 0.861. The van der Waals surface area contributed by atoms with Crippen LogP contribution in [-0.4, -0.2) is 45.2 Å². The predicted molar refractivity (Wildman–Crippen MR) is 87.3 cm³/mol. The summed E-state index contributed by atoms with van der Waals surface area (Å²) in [5, 5.41) is 3.62. The molecule has 0 atom stereocenters. The normalized spacial score (nSPS) is 17.4. The number of nitrogens with zero attached hydrogens (tertiary/aromatic N) is 2. The van der Waals surface area contributed by atoms with Gasteiger partial charge in [-0.1, -0.05) is 19.1 Å². The third-order valence-corrected chi connectivity index (χ3v) is 4.37. The van der Waals surface area contributed by atoms with Crippen LogP contribution in [0.15, 0.2) is 24.3 Å². The molecule has 1 fully saturated rings. The van der Waals surface area contributed by atoms with E-state index in [4.69, 9.17) is 0 Å². The fraction of sp³-hybridized carbons (Fsp3) is 0.647. The van der Waals surface area contributed by atoms with Gasteiger partial charge < -0.3 is 15.1 Å². The van der Waals surface area contributed by atoms with Gasteiger partial charge in [-0.25, -0.2) is 0 Å². The summed E-state index contributed by atoms with van der Waals surface area (Å²) in [6.07, 6.45) is 2.70. The second-order valence-electron chi connectivity index (χ2n) is 6.07. The van der Waals surface area contributed by atoms with Crippen LogP contribution in [0, 0.1) is 5.92 Å². The second-order valence-corrected chi connectivity index (χ2v) is 6.07. The lowest BCUT2D eigenvalue weighted by Crippen LogP contribution is -2.36. The summed E-state index contributed by atoms with van der Waals surface area (Å²) in [5.74, 6) is 0.860. The first-order valence-corrected chi connectivity index (χ1v) is 7.88. The summed E-state index contributed by atoms with van der Waals surface area (Å²) in [5.41, 5.74) is 2.64. The van der Waals surface area contributed by atoms with E-state index in [0.29, 0.717) is 0 Å². The first-order chi connectivity index (χ1) is 9.69. The van der Waals surface area contributed by atoms with Crippen LogP contribution >= 0.6 is 0 Å². The largest absolute Gasteiger partial charge is 0.378 e. The summed E-state index contributed by atoms with van der Waals surface area (Å²) in [4.78, 5) is 4.69. The zero-order valence-corrected chi connectivity index (χ0v) is 13.2. The number of piperidine rings is 1. The highest BCUT2D eigenvalue weighted by Crippen LogP contribution is 2.16. The van der Waals surface area contributed by atoms with Gasteiger partial charge in [0.25, 0.3) is 0 Å². The number of hydrogen-bond donors (Lipinski definition) is 1. The summed E-state index contributed by atoms with van der Waals surface area (Å²) >= 11 is 0. The Morgan fingerprint density at radius 3 is 2.35 bits per heavy atom. The molecule has 3 heteroatoms. The van der Waals surface area contributed by atoms with E-state index in [1.165, 1.54) is 43.7 Å². The van der Waals surface area contributed by atoms with E-state index < -0.39 is 0 Å². The van der Waals surface area contributed by atoms with Gasteiger partial charge in [0.15, 0.2) is 0 Å². The van der Waals surface area contributed by atoms with Gasteiger partial charge in [-0.3, -0.25) is 0 Å². The van der Waals surface area contributed by atoms with E-state index in [1.807, 2.05) is 0 Å². The van der Waals surface area contributed by atoms with Crippen molar-refractivity contribution in [1.29, 1.82) is 0 Å². The summed E-state index contributed by atoms with van der Waals surface area (Å²) in [7, 11) is 4.16. The molecule has 1 saturated heterocycles. The van der Waals surface area contributed by atoms with Crippen molar-refractivity contribution in [2.24, 2.45) is 5.92 Å². The lowest BCUT2D eigenvalue weighted by molar-refractivity contribution is 0.190. The minimum Gasteiger partial charge on any atom is -0.378 e. The summed E-state index contributed by atoms with van der Waals surface area (Å²) in [6, 6.07) is 8.83. The predicted octanol–water partition coefficient (Wildman–Crippen LogP) is 2.57. The van der Waals surface area contributed by atoms with Gasteiger partial charge in [0.05, 0.1) is 0 Å². The lowest BCUT2D eigenvalue weighted by atomic mass is 9.97. The van der Waals surface area contributed by atoms with Crippen molar-refractivity contribution in [1.82, 2.24) is 10.2 Å². The molecule has 0 amide bonds. The standard InChI is InChI=1S/C17H29N3/c1-4-20-11-9-16(10-12-20)14-18-13-15-5-7-17(8-6-15)19(2)3/h5-8,16,18H,4,9-14H2,1-3H3. The van der Waals surface area contributed by atoms with Crippen LogP contribution in [0.3, 0.4) is 0 Å². The molecule has 20 heavy (non-hydrogen) atoms. The number of rotatable bonds is 6. The van der Waals surface area contributed by atoms with E-state index in [9.17, 15) is 0 Å². The minimum absolute atomic E-state index is 0.860. The highest BCUT2D eigenvalue weighted by atomic mass is 15.1. The first kappa shape index (κ1) is 15.3. The molecule has 2 rings (SSSR count). The lowest BCUT2D eigenvalue weighted by Gasteiger charge is -2.31. The molecule has 0 spiro atoms. The smallest absolute Gasteiger partial charge is 0.0361 e. The van der Waals surface area contributed by atoms with Crippen LogP contribution in [0.25, 0.3) is 0 Å². The van der Waals surface area contributed by atoms with Crippen LogP contribution in [-0.2, 0) is 6.54 Å². The molecule has 3 nitrogen and oxygen atoms in total. The Morgan fingerprint density at radius 1 is 1.15 bits per heavy atom. The highest BCUT2D eigenvalue weighted by Gasteiger charge is 2.17. The Labute approximate surface area is 124 Å². The van der Waals surface area contributed by atoms with Gasteiger partial charge in [-0.2, -0.15) is 0 Å². The number of nitrogens with one attached hydrogen (secondary N) is 1. The minimum atomic E-state index is 0.860. The zero-order chi connectivity index (χ0) is 14.4. The third-order valence-electron chi connectivity index (χ3n) is 4.37. The maximum absolute atomic E-state index is 3.62. The monoisotopic (exact) mass is 275 g/mol. The molecule has 0 aromatic heterocycles. The molecule has 1 aromatic rings. The van der Waals surface area contributed by atoms with E-state index in [-0.39, 0.29) is 0 Å². The maximum Gasteiger partial charge on any atom is 0.0361 e. The summed E-state index contributed by atoms with van der Waals surface area (Å²) in [6.45, 7) is 8.17. The molecule has 1 N–H and O–H groups in total. The molecule has 1 heterocycles. The molecule has 112 valence electrons. The topological polar surface area (TPSA) is 18.5 Å². The van der Waals surface area contributed by atoms with E-state index >= 15 is 0 Å². The molecule has 1 aliphatic heterocycles. The summed E-state index contributed by atoms with van der Waals surface area (Å²) < 4.78 is 0. The fourth-order valence-corrected chi connectivity index (χ4v) is 2.84. The van der Waals surface area contributed by atoms with Crippen molar-refractivity contribution in [3.63, 3.8) is 0 Å². The van der Waals surface area contributed by atoms with E-state index in [2.05, 4.69) is 60.4 Å². The van der Waals surface area contributed by atoms with Crippen molar-refractivity contribution in [3.8, 4) is 0 Å². The Morgan fingerprint density at radius 2 is 1.80 bits per heavy atom. The SMILES string of the molecule is CCN1CCC(CNCc2ccc(N(C)C)cc2)CC1. The van der Waals surface area contributed by atoms with Crippen molar-refractivity contribution in [2.75, 3.05) is 45.2 Å². The number of anilines is 1. The molecule has 0 aliphatic carbocycles. The van der Waals surface area contributed by atoms with Crippen LogP contribution in [0.4, 0.5) is 5.69 Å². The van der Waals surface area contributed by atoms with Gasteiger partial charge in [-0.05, 0) is 62.6 Å². The zero-order valence-electron chi connectivity index (χ0n) is 13.2. The van der Waals surface area contributed by atoms with Gasteiger partial charge in [-0.15, -0.1) is 0 Å². The molecule has 0 bridgehead atoms. The van der Waals surface area contributed by atoms with Crippen molar-refractivity contribution >= 4 is 5.69 Å². The van der Waals surface area contributed by atoms with Crippen molar-refractivity contribution < 1.29 is 0 Å². The molecule has 1 aromatic carbocycles. The number of benzene rings is 1. The average molecular weight is 275 g/mol. The van der Waals surface area contributed by atoms with Gasteiger partial charge >= 0.3 is 0 Å². The van der Waals surface area contributed by atoms with Crippen molar-refractivity contribution in [2.45, 2.75) is 26.3 Å². The maximum atomic E-state index is 3.62. The molecular weight excluding hydrogens is 246 g/mol. The van der Waals surface area contributed by atoms with Crippen molar-refractivity contribution in [3.05, 3.63) is 29.8 Å². The molecule has 0 unspecified atom stereocenters. The Hall–Kier alpha value is -1.06. The number of hydrogen-bond acceptors (Lipinski definition) is 3. The Bertz CT molecular complexity index is 378. The second kappa shape index (κ2) is 7.65. The highest BCUT2D eigenvalue weighted by molar-refractivity contribution is 5.45. The number of likely N-dealkylation sites (tertiary alicyclic amines) is 1. The molecule has 0 radical (unpaired) electrons. The third kappa shape index (κ3) is 4.50. The Kier molecular flexibility index (Phi) is 5.86. The van der Waals surface area contributed by atoms with Crippen LogP contribution < -0.4 is 10.2 Å². The van der Waals surface area contributed by atoms with Crippen LogP contribution in [0.1, 0.15) is 25.3 Å². The van der Waals surface area contributed by atoms with Crippen LogP contribution in [0.2, 0.25) is 0 Å². The fourth-order valence-electron chi connectivity index (χ4n) is 2.84. The van der Waals surface area contributed by atoms with Gasteiger partial charge in [0.2, 0.25) is 0 Å². The van der Waals surface area contributed by atoms with E-state index in [0.717, 1.165) is 19.0 Å². The molecule has 0 saturated carbocycles.